The van der Waals surface area contributed by atoms with Crippen molar-refractivity contribution in [3.05, 3.63) is 0 Å². The molecule has 0 radical (unpaired) electrons. The number of hydrogen-bond donors (Lipinski definition) is 0. The maximum atomic E-state index is 12.4. The molecule has 0 spiro atoms. The van der Waals surface area contributed by atoms with E-state index in [1.54, 1.807) is 0 Å². The van der Waals surface area contributed by atoms with E-state index in [0.717, 1.165) is 32.7 Å². The maximum Gasteiger partial charge on any atom is 0.239 e. The van der Waals surface area contributed by atoms with Gasteiger partial charge >= 0.3 is 0 Å². The molecule has 1 heterocycles. The molecule has 4 nitrogen and oxygen atoms in total. The molecule has 0 bridgehead atoms. The van der Waals surface area contributed by atoms with E-state index in [2.05, 4.69) is 37.6 Å². The Morgan fingerprint density at radius 3 is 1.76 bits per heavy atom. The summed E-state index contributed by atoms with van der Waals surface area (Å²) in [7, 11) is 2.11. The van der Waals surface area contributed by atoms with Crippen LogP contribution in [0.1, 0.15) is 55.4 Å². The van der Waals surface area contributed by atoms with E-state index in [4.69, 9.17) is 0 Å². The number of piperazine rings is 1. The van der Waals surface area contributed by atoms with Crippen LogP contribution in [0.3, 0.4) is 0 Å². The molecule has 1 aliphatic rings. The molecule has 21 heavy (non-hydrogen) atoms. The molecule has 1 amide bonds. The van der Waals surface area contributed by atoms with Gasteiger partial charge in [0.15, 0.2) is 0 Å². The van der Waals surface area contributed by atoms with Crippen LogP contribution in [0.25, 0.3) is 0 Å². The molecule has 1 saturated heterocycles. The number of hydrogen-bond acceptors (Lipinski definition) is 3. The standard InChI is InChI=1S/C13H27N3O.2C2H6/c1-6-16(11(2)3)12(4)13(17)15-9-7-14(5)8-10-15;2*1-2/h11-12H,6-10H2,1-5H3;2*1-2H3. The topological polar surface area (TPSA) is 26.8 Å². The van der Waals surface area contributed by atoms with Crippen LogP contribution >= 0.6 is 0 Å². The van der Waals surface area contributed by atoms with E-state index in [0.29, 0.717) is 6.04 Å². The van der Waals surface area contributed by atoms with Crippen molar-refractivity contribution < 1.29 is 4.79 Å². The third-order valence-corrected chi connectivity index (χ3v) is 3.70. The van der Waals surface area contributed by atoms with Crippen LogP contribution in [0.15, 0.2) is 0 Å². The van der Waals surface area contributed by atoms with Crippen LogP contribution in [0.4, 0.5) is 0 Å². The van der Waals surface area contributed by atoms with Crippen LogP contribution in [0.2, 0.25) is 0 Å². The fourth-order valence-electron chi connectivity index (χ4n) is 2.52. The fraction of sp³-hybridized carbons (Fsp3) is 0.941. The van der Waals surface area contributed by atoms with Crippen LogP contribution in [0, 0.1) is 0 Å². The van der Waals surface area contributed by atoms with Gasteiger partial charge in [-0.25, -0.2) is 0 Å². The van der Waals surface area contributed by atoms with Gasteiger partial charge in [-0.1, -0.05) is 34.6 Å². The van der Waals surface area contributed by atoms with Gasteiger partial charge in [0, 0.05) is 32.2 Å². The van der Waals surface area contributed by atoms with E-state index in [1.165, 1.54) is 0 Å². The minimum absolute atomic E-state index is 0.00315. The van der Waals surface area contributed by atoms with Crippen molar-refractivity contribution in [2.75, 3.05) is 39.8 Å². The van der Waals surface area contributed by atoms with Crippen molar-refractivity contribution in [3.8, 4) is 0 Å². The van der Waals surface area contributed by atoms with E-state index in [1.807, 2.05) is 39.5 Å². The van der Waals surface area contributed by atoms with Gasteiger partial charge in [-0.2, -0.15) is 0 Å². The lowest BCUT2D eigenvalue weighted by Crippen LogP contribution is -2.54. The summed E-state index contributed by atoms with van der Waals surface area (Å²) in [5.41, 5.74) is 0. The van der Waals surface area contributed by atoms with Gasteiger partial charge in [0.1, 0.15) is 0 Å². The van der Waals surface area contributed by atoms with Crippen molar-refractivity contribution in [2.24, 2.45) is 0 Å². The number of likely N-dealkylation sites (N-methyl/N-ethyl adjacent to an activating group) is 2. The van der Waals surface area contributed by atoms with Crippen molar-refractivity contribution in [2.45, 2.75) is 67.5 Å². The highest BCUT2D eigenvalue weighted by Gasteiger charge is 2.28. The first kappa shape index (κ1) is 22.7. The largest absolute Gasteiger partial charge is 0.339 e. The monoisotopic (exact) mass is 301 g/mol. The van der Waals surface area contributed by atoms with Crippen molar-refractivity contribution in [1.29, 1.82) is 0 Å². The van der Waals surface area contributed by atoms with Gasteiger partial charge in [0.2, 0.25) is 5.91 Å². The summed E-state index contributed by atoms with van der Waals surface area (Å²) in [6.45, 7) is 21.1. The molecule has 0 saturated carbocycles. The number of nitrogens with zero attached hydrogens (tertiary/aromatic N) is 3. The van der Waals surface area contributed by atoms with Crippen LogP contribution in [-0.4, -0.2) is 72.5 Å². The second-order valence-corrected chi connectivity index (χ2v) is 5.23. The Morgan fingerprint density at radius 1 is 1.00 bits per heavy atom. The van der Waals surface area contributed by atoms with Crippen LogP contribution < -0.4 is 0 Å². The lowest BCUT2D eigenvalue weighted by atomic mass is 10.1. The number of carbonyl (C=O) groups is 1. The van der Waals surface area contributed by atoms with Gasteiger partial charge in [-0.15, -0.1) is 0 Å². The lowest BCUT2D eigenvalue weighted by Gasteiger charge is -2.38. The Balaban J connectivity index is 0. The average Bonchev–Trinajstić information content (AvgIpc) is 2.51. The smallest absolute Gasteiger partial charge is 0.239 e. The molecule has 128 valence electrons. The van der Waals surface area contributed by atoms with Crippen LogP contribution in [0.5, 0.6) is 0 Å². The highest BCUT2D eigenvalue weighted by atomic mass is 16.2. The zero-order valence-corrected chi connectivity index (χ0v) is 15.9. The predicted octanol–water partition coefficient (Wildman–Crippen LogP) is 2.93. The minimum Gasteiger partial charge on any atom is -0.339 e. The van der Waals surface area contributed by atoms with Gasteiger partial charge in [0.25, 0.3) is 0 Å². The molecule has 0 N–H and O–H groups in total. The molecule has 4 heteroatoms. The van der Waals surface area contributed by atoms with E-state index >= 15 is 0 Å². The Bertz CT molecular complexity index is 248. The average molecular weight is 302 g/mol. The Morgan fingerprint density at radius 2 is 1.43 bits per heavy atom. The van der Waals surface area contributed by atoms with Gasteiger partial charge in [-0.3, -0.25) is 9.69 Å². The molecule has 0 aromatic heterocycles. The van der Waals surface area contributed by atoms with E-state index in [-0.39, 0.29) is 11.9 Å². The first-order valence-electron chi connectivity index (χ1n) is 8.70. The second kappa shape index (κ2) is 13.1. The summed E-state index contributed by atoms with van der Waals surface area (Å²) in [4.78, 5) is 18.9. The van der Waals surface area contributed by atoms with E-state index < -0.39 is 0 Å². The zero-order chi connectivity index (χ0) is 17.0. The summed E-state index contributed by atoms with van der Waals surface area (Å²) < 4.78 is 0. The number of rotatable bonds is 4. The Labute approximate surface area is 133 Å². The van der Waals surface area contributed by atoms with Gasteiger partial charge in [0.05, 0.1) is 6.04 Å². The quantitative estimate of drug-likeness (QED) is 0.799. The highest BCUT2D eigenvalue weighted by Crippen LogP contribution is 2.10. The lowest BCUT2D eigenvalue weighted by molar-refractivity contribution is -0.138. The molecule has 0 aliphatic carbocycles. The summed E-state index contributed by atoms with van der Waals surface area (Å²) >= 11 is 0. The third kappa shape index (κ3) is 7.82. The van der Waals surface area contributed by atoms with Crippen LogP contribution in [-0.2, 0) is 4.79 Å². The van der Waals surface area contributed by atoms with Crippen molar-refractivity contribution in [3.63, 3.8) is 0 Å². The molecular weight excluding hydrogens is 262 g/mol. The number of carbonyl (C=O) groups excluding carboxylic acids is 1. The van der Waals surface area contributed by atoms with Gasteiger partial charge in [-0.05, 0) is 34.4 Å². The Hall–Kier alpha value is -0.610. The van der Waals surface area contributed by atoms with Crippen molar-refractivity contribution in [1.82, 2.24) is 14.7 Å². The predicted molar refractivity (Wildman–Crippen MR) is 93.8 cm³/mol. The summed E-state index contributed by atoms with van der Waals surface area (Å²) in [5.74, 6) is 0.286. The van der Waals surface area contributed by atoms with E-state index in [9.17, 15) is 4.79 Å². The summed E-state index contributed by atoms with van der Waals surface area (Å²) in [5, 5.41) is 0. The highest BCUT2D eigenvalue weighted by molar-refractivity contribution is 5.81. The molecule has 1 atom stereocenters. The fourth-order valence-corrected chi connectivity index (χ4v) is 2.52. The normalized spacial score (nSPS) is 16.8. The first-order valence-corrected chi connectivity index (χ1v) is 8.70. The summed E-state index contributed by atoms with van der Waals surface area (Å²) in [6.07, 6.45) is 0. The minimum atomic E-state index is 0.00315. The molecular formula is C17H39N3O. The third-order valence-electron chi connectivity index (χ3n) is 3.70. The molecule has 1 rings (SSSR count). The zero-order valence-electron chi connectivity index (χ0n) is 15.9. The molecule has 0 aromatic carbocycles. The number of amides is 1. The molecule has 1 unspecified atom stereocenters. The Kier molecular flexibility index (Phi) is 14.1. The molecule has 0 aromatic rings. The molecule has 1 fully saturated rings. The molecule has 1 aliphatic heterocycles. The summed E-state index contributed by atoms with van der Waals surface area (Å²) in [6, 6.07) is 0.426. The first-order chi connectivity index (χ1) is 9.97. The second-order valence-electron chi connectivity index (χ2n) is 5.23. The van der Waals surface area contributed by atoms with Crippen molar-refractivity contribution >= 4 is 5.91 Å². The SMILES string of the molecule is CC.CC.CCN(C(C)C)C(C)C(=O)N1CCN(C)CC1. The maximum absolute atomic E-state index is 12.4. The van der Waals surface area contributed by atoms with Gasteiger partial charge < -0.3 is 9.80 Å².